The molecule has 2 heterocycles. The Morgan fingerprint density at radius 3 is 2.55 bits per heavy atom. The molecule has 0 spiro atoms. The lowest BCUT2D eigenvalue weighted by Gasteiger charge is -2.42. The van der Waals surface area contributed by atoms with Gasteiger partial charge in [-0.25, -0.2) is 8.42 Å². The van der Waals surface area contributed by atoms with Gasteiger partial charge in [0.15, 0.2) is 0 Å². The van der Waals surface area contributed by atoms with Gasteiger partial charge in [-0.05, 0) is 31.9 Å². The third kappa shape index (κ3) is 3.56. The van der Waals surface area contributed by atoms with Crippen LogP contribution in [0.5, 0.6) is 0 Å². The smallest absolute Gasteiger partial charge is 0.211 e. The molecule has 1 aliphatic rings. The second-order valence-corrected chi connectivity index (χ2v) is 7.77. The Labute approximate surface area is 121 Å². The van der Waals surface area contributed by atoms with Crippen LogP contribution in [0.1, 0.15) is 25.0 Å². The summed E-state index contributed by atoms with van der Waals surface area (Å²) in [6.45, 7) is 8.20. The Morgan fingerprint density at radius 1 is 1.25 bits per heavy atom. The summed E-state index contributed by atoms with van der Waals surface area (Å²) in [7, 11) is -3.12. The average Bonchev–Trinajstić information content (AvgIpc) is 2.32. The Morgan fingerprint density at radius 2 is 1.95 bits per heavy atom. The summed E-state index contributed by atoms with van der Waals surface area (Å²) in [5.41, 5.74) is 2.33. The van der Waals surface area contributed by atoms with E-state index in [-0.39, 0.29) is 12.1 Å². The minimum atomic E-state index is -3.12. The van der Waals surface area contributed by atoms with Crippen molar-refractivity contribution in [2.75, 3.05) is 19.3 Å². The first-order chi connectivity index (χ1) is 9.27. The number of aryl methyl sites for hydroxylation is 1. The molecule has 1 aromatic heterocycles. The quantitative estimate of drug-likeness (QED) is 0.842. The van der Waals surface area contributed by atoms with Crippen molar-refractivity contribution in [3.05, 3.63) is 29.6 Å². The summed E-state index contributed by atoms with van der Waals surface area (Å²) >= 11 is 0. The lowest BCUT2D eigenvalue weighted by Crippen LogP contribution is -2.57. The van der Waals surface area contributed by atoms with Crippen LogP contribution in [0.2, 0.25) is 0 Å². The predicted octanol–water partition coefficient (Wildman–Crippen LogP) is 1.24. The molecule has 5 nitrogen and oxygen atoms in total. The number of pyridine rings is 1. The Kier molecular flexibility index (Phi) is 4.46. The zero-order valence-electron chi connectivity index (χ0n) is 12.6. The van der Waals surface area contributed by atoms with E-state index in [1.54, 1.807) is 4.31 Å². The van der Waals surface area contributed by atoms with Gasteiger partial charge in [0.1, 0.15) is 0 Å². The van der Waals surface area contributed by atoms with E-state index < -0.39 is 10.0 Å². The van der Waals surface area contributed by atoms with E-state index in [1.165, 1.54) is 11.8 Å². The molecule has 0 aliphatic carbocycles. The maximum Gasteiger partial charge on any atom is 0.211 e. The molecule has 112 valence electrons. The van der Waals surface area contributed by atoms with Crippen LogP contribution in [0.15, 0.2) is 18.5 Å². The normalized spacial score (nSPS) is 25.8. The number of hydrogen-bond donors (Lipinski definition) is 0. The summed E-state index contributed by atoms with van der Waals surface area (Å²) in [4.78, 5) is 6.54. The average molecular weight is 297 g/mol. The molecule has 1 aliphatic heterocycles. The first-order valence-corrected chi connectivity index (χ1v) is 8.73. The van der Waals surface area contributed by atoms with Crippen molar-refractivity contribution in [3.8, 4) is 0 Å². The van der Waals surface area contributed by atoms with Gasteiger partial charge in [-0.3, -0.25) is 9.88 Å². The zero-order valence-corrected chi connectivity index (χ0v) is 13.4. The van der Waals surface area contributed by atoms with Crippen LogP contribution >= 0.6 is 0 Å². The van der Waals surface area contributed by atoms with Gasteiger partial charge >= 0.3 is 0 Å². The molecular weight excluding hydrogens is 274 g/mol. The van der Waals surface area contributed by atoms with Gasteiger partial charge < -0.3 is 0 Å². The van der Waals surface area contributed by atoms with Crippen LogP contribution in [-0.4, -0.2) is 54.0 Å². The fourth-order valence-electron chi connectivity index (χ4n) is 2.79. The fraction of sp³-hybridized carbons (Fsp3) is 0.643. The molecule has 0 bridgehead atoms. The number of rotatable bonds is 3. The summed E-state index contributed by atoms with van der Waals surface area (Å²) in [5, 5.41) is 0. The van der Waals surface area contributed by atoms with Crippen LogP contribution in [0.25, 0.3) is 0 Å². The van der Waals surface area contributed by atoms with E-state index in [2.05, 4.69) is 22.9 Å². The van der Waals surface area contributed by atoms with E-state index in [0.29, 0.717) is 6.54 Å². The largest absolute Gasteiger partial charge is 0.293 e. The van der Waals surface area contributed by atoms with E-state index in [4.69, 9.17) is 0 Å². The van der Waals surface area contributed by atoms with Crippen molar-refractivity contribution in [2.45, 2.75) is 39.4 Å². The number of piperazine rings is 1. The molecule has 20 heavy (non-hydrogen) atoms. The van der Waals surface area contributed by atoms with E-state index in [1.807, 2.05) is 26.2 Å². The van der Waals surface area contributed by atoms with E-state index >= 15 is 0 Å². The van der Waals surface area contributed by atoms with Gasteiger partial charge in [0, 0.05) is 44.1 Å². The predicted molar refractivity (Wildman–Crippen MR) is 79.9 cm³/mol. The highest BCUT2D eigenvalue weighted by atomic mass is 32.2. The molecule has 2 rings (SSSR count). The summed E-state index contributed by atoms with van der Waals surface area (Å²) < 4.78 is 25.1. The van der Waals surface area contributed by atoms with Crippen LogP contribution < -0.4 is 0 Å². The van der Waals surface area contributed by atoms with Crippen LogP contribution in [0.4, 0.5) is 0 Å². The lowest BCUT2D eigenvalue weighted by molar-refractivity contribution is 0.0868. The maximum absolute atomic E-state index is 11.7. The number of hydrogen-bond acceptors (Lipinski definition) is 4. The van der Waals surface area contributed by atoms with E-state index in [0.717, 1.165) is 18.7 Å². The highest BCUT2D eigenvalue weighted by Crippen LogP contribution is 2.20. The monoisotopic (exact) mass is 297 g/mol. The molecule has 0 amide bonds. The molecule has 1 fully saturated rings. The van der Waals surface area contributed by atoms with Gasteiger partial charge in [0.05, 0.1) is 6.26 Å². The van der Waals surface area contributed by atoms with Crippen LogP contribution in [-0.2, 0) is 16.6 Å². The second-order valence-electron chi connectivity index (χ2n) is 5.83. The Bertz CT molecular complexity index is 574. The van der Waals surface area contributed by atoms with Gasteiger partial charge in [-0.2, -0.15) is 4.31 Å². The lowest BCUT2D eigenvalue weighted by atomic mass is 10.1. The number of nitrogens with zero attached hydrogens (tertiary/aromatic N) is 3. The van der Waals surface area contributed by atoms with E-state index in [9.17, 15) is 8.42 Å². The molecule has 1 aromatic rings. The van der Waals surface area contributed by atoms with Crippen molar-refractivity contribution in [1.29, 1.82) is 0 Å². The van der Waals surface area contributed by atoms with Crippen molar-refractivity contribution >= 4 is 10.0 Å². The van der Waals surface area contributed by atoms with Gasteiger partial charge in [0.2, 0.25) is 10.0 Å². The summed E-state index contributed by atoms with van der Waals surface area (Å²) in [5.74, 6) is 0. The molecule has 0 N–H and O–H groups in total. The second kappa shape index (κ2) is 5.79. The van der Waals surface area contributed by atoms with Crippen molar-refractivity contribution in [2.24, 2.45) is 0 Å². The molecule has 0 saturated carbocycles. The topological polar surface area (TPSA) is 53.5 Å². The van der Waals surface area contributed by atoms with Gasteiger partial charge in [0.25, 0.3) is 0 Å². The Balaban J connectivity index is 2.09. The highest BCUT2D eigenvalue weighted by Gasteiger charge is 2.33. The van der Waals surface area contributed by atoms with Crippen molar-refractivity contribution in [1.82, 2.24) is 14.2 Å². The van der Waals surface area contributed by atoms with Gasteiger partial charge in [-0.15, -0.1) is 0 Å². The van der Waals surface area contributed by atoms with Crippen molar-refractivity contribution in [3.63, 3.8) is 0 Å². The fourth-order valence-corrected chi connectivity index (χ4v) is 3.99. The van der Waals surface area contributed by atoms with Crippen LogP contribution in [0.3, 0.4) is 0 Å². The highest BCUT2D eigenvalue weighted by molar-refractivity contribution is 7.88. The minimum Gasteiger partial charge on any atom is -0.293 e. The molecule has 0 aromatic carbocycles. The minimum absolute atomic E-state index is 0.0129. The SMILES string of the molecule is Cc1cncc(CN2C[C@H](C)N(S(C)(=O)=O)C[C@@H]2C)c1. The summed E-state index contributed by atoms with van der Waals surface area (Å²) in [6, 6.07) is 2.35. The molecule has 0 radical (unpaired) electrons. The maximum atomic E-state index is 11.7. The molecule has 1 saturated heterocycles. The standard InChI is InChI=1S/C14H23N3O2S/c1-11-5-14(7-15-6-11)10-16-8-13(3)17(9-12(16)2)20(4,18)19/h5-7,12-13H,8-10H2,1-4H3/t12-,13-/m0/s1. The molecule has 2 atom stereocenters. The third-order valence-electron chi connectivity index (χ3n) is 3.80. The summed E-state index contributed by atoms with van der Waals surface area (Å²) in [6.07, 6.45) is 5.01. The molecule has 0 unspecified atom stereocenters. The zero-order chi connectivity index (χ0) is 14.9. The number of sulfonamides is 1. The number of aromatic nitrogens is 1. The Hall–Kier alpha value is -0.980. The molecule has 6 heteroatoms. The van der Waals surface area contributed by atoms with Crippen LogP contribution in [0, 0.1) is 6.92 Å². The van der Waals surface area contributed by atoms with Gasteiger partial charge in [-0.1, -0.05) is 6.07 Å². The van der Waals surface area contributed by atoms with Crippen molar-refractivity contribution < 1.29 is 8.42 Å². The molecular formula is C14H23N3O2S. The first-order valence-electron chi connectivity index (χ1n) is 6.89. The third-order valence-corrected chi connectivity index (χ3v) is 5.16. The first kappa shape index (κ1) is 15.4.